The van der Waals surface area contributed by atoms with E-state index in [1.807, 2.05) is 0 Å². The minimum Gasteiger partial charge on any atom is -0.465 e. The summed E-state index contributed by atoms with van der Waals surface area (Å²) in [6.45, 7) is 6.65. The first-order valence-electron chi connectivity index (χ1n) is 11.0. The summed E-state index contributed by atoms with van der Waals surface area (Å²) in [7, 11) is 3.69. The van der Waals surface area contributed by atoms with E-state index >= 15 is 0 Å². The van der Waals surface area contributed by atoms with E-state index in [9.17, 15) is 4.79 Å². The van der Waals surface area contributed by atoms with Crippen LogP contribution >= 0.6 is 11.3 Å². The number of nitrogens with zero attached hydrogens (tertiary/aromatic N) is 1. The molecule has 0 bridgehead atoms. The Hall–Kier alpha value is -1.57. The van der Waals surface area contributed by atoms with Crippen LogP contribution in [-0.2, 0) is 4.74 Å². The molecular weight excluding hydrogens is 378 g/mol. The van der Waals surface area contributed by atoms with Gasteiger partial charge in [0.05, 0.1) is 12.0 Å². The zero-order valence-corrected chi connectivity index (χ0v) is 19.1. The zero-order chi connectivity index (χ0) is 20.6. The van der Waals surface area contributed by atoms with Gasteiger partial charge in [0.25, 0.3) is 0 Å². The van der Waals surface area contributed by atoms with Gasteiger partial charge in [0, 0.05) is 24.1 Å². The minimum absolute atomic E-state index is 0.187. The maximum absolute atomic E-state index is 12.6. The first-order valence-corrected chi connectivity index (χ1v) is 11.9. The average molecular weight is 412 g/mol. The third-order valence-electron chi connectivity index (χ3n) is 7.00. The van der Waals surface area contributed by atoms with Crippen molar-refractivity contribution in [1.29, 1.82) is 0 Å². The molecule has 3 aliphatic rings. The quantitative estimate of drug-likeness (QED) is 0.479. The number of rotatable bonds is 3. The molecule has 0 unspecified atom stereocenters. The Morgan fingerprint density at radius 2 is 2.00 bits per heavy atom. The molecule has 0 N–H and O–H groups in total. The molecule has 0 aromatic carbocycles. The van der Waals surface area contributed by atoms with Crippen LogP contribution in [-0.4, -0.2) is 38.1 Å². The van der Waals surface area contributed by atoms with E-state index in [0.717, 1.165) is 40.7 Å². The van der Waals surface area contributed by atoms with Gasteiger partial charge in [0.1, 0.15) is 4.88 Å². The Bertz CT molecular complexity index is 872. The van der Waals surface area contributed by atoms with Crippen molar-refractivity contribution in [2.24, 2.45) is 17.3 Å². The predicted octanol–water partition coefficient (Wildman–Crippen LogP) is 5.60. The number of ether oxygens (including phenoxy) is 1. The molecule has 29 heavy (non-hydrogen) atoms. The van der Waals surface area contributed by atoms with Crippen LogP contribution in [0.5, 0.6) is 0 Å². The van der Waals surface area contributed by atoms with Crippen molar-refractivity contribution in [2.75, 3.05) is 27.2 Å². The third-order valence-corrected chi connectivity index (χ3v) is 8.03. The molecule has 1 aromatic heterocycles. The highest BCUT2D eigenvalue weighted by atomic mass is 32.1. The summed E-state index contributed by atoms with van der Waals surface area (Å²) < 4.78 is 5.15. The second kappa shape index (κ2) is 8.28. The van der Waals surface area contributed by atoms with Gasteiger partial charge in [-0.15, -0.1) is 11.3 Å². The molecule has 1 aromatic rings. The average Bonchev–Trinajstić information content (AvgIpc) is 3.30. The summed E-state index contributed by atoms with van der Waals surface area (Å²) in [6, 6.07) is 2.17. The summed E-state index contributed by atoms with van der Waals surface area (Å²) in [5.41, 5.74) is 4.23. The highest BCUT2D eigenvalue weighted by Crippen LogP contribution is 2.45. The van der Waals surface area contributed by atoms with Crippen LogP contribution in [0.3, 0.4) is 0 Å². The van der Waals surface area contributed by atoms with Crippen LogP contribution in [0.25, 0.3) is 5.57 Å². The largest absolute Gasteiger partial charge is 0.465 e. The molecule has 0 saturated heterocycles. The van der Waals surface area contributed by atoms with Crippen molar-refractivity contribution in [2.45, 2.75) is 58.8 Å². The topological polar surface area (TPSA) is 29.5 Å². The summed E-state index contributed by atoms with van der Waals surface area (Å²) in [4.78, 5) is 16.8. The molecule has 0 amide bonds. The molecule has 3 nitrogen and oxygen atoms in total. The SMILES string of the molecule is COC(=O)c1sc(C#CC2(C)CC2)cc1C1=C(C2CCC(C)CC2)CN(C)CC1. The number of methoxy groups -OCH3 is 1. The normalized spacial score (nSPS) is 26.6. The Morgan fingerprint density at radius 3 is 2.66 bits per heavy atom. The van der Waals surface area contributed by atoms with Crippen molar-refractivity contribution in [3.8, 4) is 11.8 Å². The molecule has 2 fully saturated rings. The lowest BCUT2D eigenvalue weighted by Gasteiger charge is -2.35. The van der Waals surface area contributed by atoms with Gasteiger partial charge in [-0.3, -0.25) is 0 Å². The van der Waals surface area contributed by atoms with Crippen LogP contribution in [0, 0.1) is 29.1 Å². The van der Waals surface area contributed by atoms with Crippen molar-refractivity contribution < 1.29 is 9.53 Å². The fourth-order valence-corrected chi connectivity index (χ4v) is 5.62. The smallest absolute Gasteiger partial charge is 0.348 e. The molecule has 2 heterocycles. The van der Waals surface area contributed by atoms with E-state index in [4.69, 9.17) is 4.74 Å². The van der Waals surface area contributed by atoms with Crippen LogP contribution in [0.2, 0.25) is 0 Å². The maximum atomic E-state index is 12.6. The van der Waals surface area contributed by atoms with Gasteiger partial charge < -0.3 is 9.64 Å². The molecule has 0 atom stereocenters. The highest BCUT2D eigenvalue weighted by Gasteiger charge is 2.35. The van der Waals surface area contributed by atoms with Gasteiger partial charge >= 0.3 is 5.97 Å². The van der Waals surface area contributed by atoms with Gasteiger partial charge in [-0.1, -0.05) is 31.6 Å². The van der Waals surface area contributed by atoms with Crippen molar-refractivity contribution in [3.05, 3.63) is 27.0 Å². The number of thiophene rings is 1. The number of likely N-dealkylation sites (N-methyl/N-ethyl adjacent to an activating group) is 1. The summed E-state index contributed by atoms with van der Waals surface area (Å²) in [6.07, 6.45) is 8.55. The van der Waals surface area contributed by atoms with E-state index in [1.165, 1.54) is 62.5 Å². The Balaban J connectivity index is 1.74. The van der Waals surface area contributed by atoms with Gasteiger partial charge in [0.2, 0.25) is 0 Å². The van der Waals surface area contributed by atoms with Gasteiger partial charge in [0.15, 0.2) is 0 Å². The molecule has 0 radical (unpaired) electrons. The van der Waals surface area contributed by atoms with E-state index in [-0.39, 0.29) is 11.4 Å². The molecule has 2 aliphatic carbocycles. The molecule has 4 heteroatoms. The lowest BCUT2D eigenvalue weighted by Crippen LogP contribution is -2.31. The summed E-state index contributed by atoms with van der Waals surface area (Å²) >= 11 is 1.51. The number of esters is 1. The van der Waals surface area contributed by atoms with E-state index < -0.39 is 0 Å². The first-order chi connectivity index (χ1) is 13.9. The third kappa shape index (κ3) is 4.62. The van der Waals surface area contributed by atoms with Crippen molar-refractivity contribution >= 4 is 22.9 Å². The fourth-order valence-electron chi connectivity index (χ4n) is 4.67. The van der Waals surface area contributed by atoms with Crippen LogP contribution in [0.4, 0.5) is 0 Å². The van der Waals surface area contributed by atoms with E-state index in [2.05, 4.69) is 43.7 Å². The molecule has 4 rings (SSSR count). The van der Waals surface area contributed by atoms with Crippen LogP contribution in [0.15, 0.2) is 11.6 Å². The van der Waals surface area contributed by atoms with Crippen molar-refractivity contribution in [3.63, 3.8) is 0 Å². The van der Waals surface area contributed by atoms with Crippen LogP contribution < -0.4 is 0 Å². The molecule has 0 spiro atoms. The van der Waals surface area contributed by atoms with Gasteiger partial charge in [-0.25, -0.2) is 4.79 Å². The molecule has 2 saturated carbocycles. The number of hydrogen-bond donors (Lipinski definition) is 0. The Morgan fingerprint density at radius 1 is 1.28 bits per heavy atom. The maximum Gasteiger partial charge on any atom is 0.348 e. The number of hydrogen-bond acceptors (Lipinski definition) is 4. The monoisotopic (exact) mass is 411 g/mol. The number of carbonyl (C=O) groups excluding carboxylic acids is 1. The number of carbonyl (C=O) groups is 1. The Kier molecular flexibility index (Phi) is 5.91. The second-order valence-electron chi connectivity index (χ2n) is 9.60. The van der Waals surface area contributed by atoms with Gasteiger partial charge in [-0.05, 0) is 75.1 Å². The first kappa shape index (κ1) is 20.7. The van der Waals surface area contributed by atoms with Gasteiger partial charge in [-0.2, -0.15) is 0 Å². The lowest BCUT2D eigenvalue weighted by atomic mass is 9.75. The Labute approximate surface area is 179 Å². The minimum atomic E-state index is -0.223. The summed E-state index contributed by atoms with van der Waals surface area (Å²) in [5, 5.41) is 0. The van der Waals surface area contributed by atoms with E-state index in [0.29, 0.717) is 5.92 Å². The standard InChI is InChI=1S/C25H33NO2S/c1-17-5-7-18(8-6-17)22-16-26(3)14-10-20(22)21-15-19(9-11-25(2)12-13-25)29-23(21)24(27)28-4/h15,17-18H,5-8,10,12-14,16H2,1-4H3. The van der Waals surface area contributed by atoms with Crippen LogP contribution in [0.1, 0.15) is 78.9 Å². The lowest BCUT2D eigenvalue weighted by molar-refractivity contribution is 0.0606. The van der Waals surface area contributed by atoms with Crippen molar-refractivity contribution in [1.82, 2.24) is 4.90 Å². The summed E-state index contributed by atoms with van der Waals surface area (Å²) in [5.74, 6) is 8.05. The second-order valence-corrected chi connectivity index (χ2v) is 10.7. The molecule has 156 valence electrons. The predicted molar refractivity (Wildman–Crippen MR) is 120 cm³/mol. The fraction of sp³-hybridized carbons (Fsp3) is 0.640. The van der Waals surface area contributed by atoms with E-state index in [1.54, 1.807) is 5.57 Å². The molecular formula is C25H33NO2S. The highest BCUT2D eigenvalue weighted by molar-refractivity contribution is 7.14. The zero-order valence-electron chi connectivity index (χ0n) is 18.3. The molecule has 1 aliphatic heterocycles.